The van der Waals surface area contributed by atoms with Crippen molar-refractivity contribution in [2.24, 2.45) is 0 Å². The van der Waals surface area contributed by atoms with Gasteiger partial charge in [-0.05, 0) is 38.1 Å². The van der Waals surface area contributed by atoms with Gasteiger partial charge in [0.1, 0.15) is 11.4 Å². The molecule has 0 aromatic heterocycles. The molecule has 1 rings (SSSR count). The smallest absolute Gasteiger partial charge is 0.126 e. The van der Waals surface area contributed by atoms with Crippen molar-refractivity contribution in [2.75, 3.05) is 6.61 Å². The molecule has 0 amide bonds. The van der Waals surface area contributed by atoms with E-state index in [1.807, 2.05) is 13.8 Å². The second-order valence-corrected chi connectivity index (χ2v) is 3.91. The molecule has 0 unspecified atom stereocenters. The summed E-state index contributed by atoms with van der Waals surface area (Å²) in [5, 5.41) is 9.63. The summed E-state index contributed by atoms with van der Waals surface area (Å²) in [5.74, 6) is 0.712. The topological polar surface area (TPSA) is 29.5 Å². The van der Waals surface area contributed by atoms with E-state index in [1.165, 1.54) is 0 Å². The summed E-state index contributed by atoms with van der Waals surface area (Å²) < 4.78 is 5.50. The molecule has 0 atom stereocenters. The van der Waals surface area contributed by atoms with E-state index < -0.39 is 5.60 Å². The first-order chi connectivity index (χ1) is 6.03. The normalized spacial score (nSPS) is 11.4. The summed E-state index contributed by atoms with van der Waals surface area (Å²) in [6, 6.07) is 7.06. The molecule has 13 heavy (non-hydrogen) atoms. The van der Waals surface area contributed by atoms with Crippen LogP contribution in [-0.4, -0.2) is 17.3 Å². The van der Waals surface area contributed by atoms with Gasteiger partial charge in [-0.15, -0.1) is 0 Å². The Kier molecular flexibility index (Phi) is 3.17. The van der Waals surface area contributed by atoms with Gasteiger partial charge in [0.2, 0.25) is 0 Å². The molecule has 0 heterocycles. The Morgan fingerprint density at radius 1 is 1.31 bits per heavy atom. The number of halogens is 1. The Morgan fingerprint density at radius 2 is 1.85 bits per heavy atom. The number of aliphatic hydroxyl groups is 1. The van der Waals surface area contributed by atoms with Gasteiger partial charge in [-0.25, -0.2) is 0 Å². The molecule has 2 nitrogen and oxygen atoms in total. The Labute approximate surface area is 83.1 Å². The van der Waals surface area contributed by atoms with Crippen molar-refractivity contribution >= 4 is 11.6 Å². The molecular weight excluding hydrogens is 188 g/mol. The van der Waals surface area contributed by atoms with Crippen LogP contribution in [0.25, 0.3) is 0 Å². The molecule has 0 bridgehead atoms. The van der Waals surface area contributed by atoms with Crippen molar-refractivity contribution in [1.29, 1.82) is 0 Å². The molecule has 1 aromatic carbocycles. The maximum absolute atomic E-state index is 8.96. The molecule has 0 saturated heterocycles. The highest BCUT2D eigenvalue weighted by atomic mass is 35.5. The fourth-order valence-corrected chi connectivity index (χ4v) is 0.980. The molecule has 0 fully saturated rings. The van der Waals surface area contributed by atoms with Gasteiger partial charge in [0.25, 0.3) is 0 Å². The molecule has 1 N–H and O–H groups in total. The standard InChI is InChI=1S/C10H13ClO2/c1-10(2,7-12)13-9-5-3-8(11)4-6-9/h3-6,12H,7H2,1-2H3. The third-order valence-electron chi connectivity index (χ3n) is 1.59. The predicted molar refractivity (Wildman–Crippen MR) is 53.2 cm³/mol. The zero-order valence-corrected chi connectivity index (χ0v) is 8.51. The van der Waals surface area contributed by atoms with Crippen LogP contribution in [0, 0.1) is 0 Å². The fraction of sp³-hybridized carbons (Fsp3) is 0.400. The predicted octanol–water partition coefficient (Wildman–Crippen LogP) is 2.49. The van der Waals surface area contributed by atoms with Crippen molar-refractivity contribution in [3.63, 3.8) is 0 Å². The Morgan fingerprint density at radius 3 is 2.31 bits per heavy atom. The zero-order valence-electron chi connectivity index (χ0n) is 7.75. The third-order valence-corrected chi connectivity index (χ3v) is 1.84. The van der Waals surface area contributed by atoms with E-state index in [0.717, 1.165) is 0 Å². The Bertz CT molecular complexity index is 267. The fourth-order valence-electron chi connectivity index (χ4n) is 0.854. The molecule has 0 aliphatic rings. The number of rotatable bonds is 3. The van der Waals surface area contributed by atoms with Gasteiger partial charge < -0.3 is 9.84 Å². The summed E-state index contributed by atoms with van der Waals surface area (Å²) in [4.78, 5) is 0. The van der Waals surface area contributed by atoms with Crippen molar-refractivity contribution in [3.05, 3.63) is 29.3 Å². The molecule has 0 aliphatic carbocycles. The summed E-state index contributed by atoms with van der Waals surface area (Å²) in [7, 11) is 0. The monoisotopic (exact) mass is 200 g/mol. The van der Waals surface area contributed by atoms with Crippen LogP contribution in [0.4, 0.5) is 0 Å². The maximum atomic E-state index is 8.96. The maximum Gasteiger partial charge on any atom is 0.126 e. The van der Waals surface area contributed by atoms with E-state index >= 15 is 0 Å². The highest BCUT2D eigenvalue weighted by Gasteiger charge is 2.17. The van der Waals surface area contributed by atoms with Crippen LogP contribution in [0.1, 0.15) is 13.8 Å². The van der Waals surface area contributed by atoms with Crippen molar-refractivity contribution in [3.8, 4) is 5.75 Å². The van der Waals surface area contributed by atoms with E-state index in [4.69, 9.17) is 21.4 Å². The van der Waals surface area contributed by atoms with Crippen LogP contribution in [0.2, 0.25) is 5.02 Å². The number of hydrogen-bond acceptors (Lipinski definition) is 2. The van der Waals surface area contributed by atoms with Crippen molar-refractivity contribution in [1.82, 2.24) is 0 Å². The average molecular weight is 201 g/mol. The quantitative estimate of drug-likeness (QED) is 0.813. The largest absolute Gasteiger partial charge is 0.485 e. The lowest BCUT2D eigenvalue weighted by atomic mass is 10.1. The molecule has 72 valence electrons. The minimum Gasteiger partial charge on any atom is -0.485 e. The lowest BCUT2D eigenvalue weighted by molar-refractivity contribution is 0.0412. The van der Waals surface area contributed by atoms with Gasteiger partial charge in [-0.3, -0.25) is 0 Å². The Hall–Kier alpha value is -0.730. The first-order valence-corrected chi connectivity index (χ1v) is 4.47. The number of hydrogen-bond donors (Lipinski definition) is 1. The average Bonchev–Trinajstić information content (AvgIpc) is 2.09. The van der Waals surface area contributed by atoms with Gasteiger partial charge in [-0.2, -0.15) is 0 Å². The van der Waals surface area contributed by atoms with E-state index in [1.54, 1.807) is 24.3 Å². The van der Waals surface area contributed by atoms with Crippen LogP contribution in [0.3, 0.4) is 0 Å². The first kappa shape index (κ1) is 10.4. The molecule has 1 aromatic rings. The van der Waals surface area contributed by atoms with Crippen molar-refractivity contribution < 1.29 is 9.84 Å². The van der Waals surface area contributed by atoms with Crippen LogP contribution in [0.5, 0.6) is 5.75 Å². The minimum atomic E-state index is -0.548. The van der Waals surface area contributed by atoms with Gasteiger partial charge in [0.15, 0.2) is 0 Å². The molecule has 0 aliphatic heterocycles. The van der Waals surface area contributed by atoms with E-state index in [0.29, 0.717) is 10.8 Å². The van der Waals surface area contributed by atoms with E-state index in [-0.39, 0.29) is 6.61 Å². The lowest BCUT2D eigenvalue weighted by Gasteiger charge is -2.23. The second-order valence-electron chi connectivity index (χ2n) is 3.47. The molecule has 0 spiro atoms. The summed E-state index contributed by atoms with van der Waals surface area (Å²) in [6.45, 7) is 3.62. The van der Waals surface area contributed by atoms with Crippen LogP contribution in [0.15, 0.2) is 24.3 Å². The molecule has 0 radical (unpaired) electrons. The molecule has 3 heteroatoms. The zero-order chi connectivity index (χ0) is 9.90. The number of benzene rings is 1. The van der Waals surface area contributed by atoms with Gasteiger partial charge in [0.05, 0.1) is 6.61 Å². The van der Waals surface area contributed by atoms with E-state index in [2.05, 4.69) is 0 Å². The van der Waals surface area contributed by atoms with Crippen LogP contribution in [-0.2, 0) is 0 Å². The van der Waals surface area contributed by atoms with E-state index in [9.17, 15) is 0 Å². The Balaban J connectivity index is 2.69. The molecular formula is C10H13ClO2. The third kappa shape index (κ3) is 3.25. The number of aliphatic hydroxyl groups excluding tert-OH is 1. The van der Waals surface area contributed by atoms with Gasteiger partial charge in [0, 0.05) is 5.02 Å². The van der Waals surface area contributed by atoms with Crippen LogP contribution >= 0.6 is 11.6 Å². The molecule has 0 saturated carbocycles. The summed E-state index contributed by atoms with van der Waals surface area (Å²) >= 11 is 5.71. The number of ether oxygens (including phenoxy) is 1. The van der Waals surface area contributed by atoms with Gasteiger partial charge in [-0.1, -0.05) is 11.6 Å². The van der Waals surface area contributed by atoms with Crippen molar-refractivity contribution in [2.45, 2.75) is 19.4 Å². The lowest BCUT2D eigenvalue weighted by Crippen LogP contribution is -2.32. The summed E-state index contributed by atoms with van der Waals surface area (Å²) in [5.41, 5.74) is -0.548. The SMILES string of the molecule is CC(C)(CO)Oc1ccc(Cl)cc1. The van der Waals surface area contributed by atoms with Crippen LogP contribution < -0.4 is 4.74 Å². The van der Waals surface area contributed by atoms with Gasteiger partial charge >= 0.3 is 0 Å². The second kappa shape index (κ2) is 3.99. The highest BCUT2D eigenvalue weighted by molar-refractivity contribution is 6.30. The highest BCUT2D eigenvalue weighted by Crippen LogP contribution is 2.20. The first-order valence-electron chi connectivity index (χ1n) is 4.09. The minimum absolute atomic E-state index is 0.0182. The summed E-state index contributed by atoms with van der Waals surface area (Å²) in [6.07, 6.45) is 0.